The second kappa shape index (κ2) is 23.2. The normalized spacial score (nSPS) is 30.9. The predicted molar refractivity (Wildman–Crippen MR) is 253 cm³/mol. The Labute approximate surface area is 417 Å². The van der Waals surface area contributed by atoms with Gasteiger partial charge in [-0.1, -0.05) is 121 Å². The molecule has 17 heteroatoms. The quantitative estimate of drug-likeness (QED) is 0.0928. The lowest BCUT2D eigenvalue weighted by molar-refractivity contribution is -0.405. The van der Waals surface area contributed by atoms with Crippen molar-refractivity contribution in [2.45, 2.75) is 113 Å². The molecule has 382 valence electrons. The Hall–Kier alpha value is -5.35. The summed E-state index contributed by atoms with van der Waals surface area (Å²) in [6, 6.07) is 42.2. The predicted octanol–water partition coefficient (Wildman–Crippen LogP) is 6.18. The van der Waals surface area contributed by atoms with E-state index >= 15 is 0 Å². The maximum atomic E-state index is 14.4. The molecule has 0 saturated carbocycles. The van der Waals surface area contributed by atoms with Crippen LogP contribution in [-0.2, 0) is 88.0 Å². The van der Waals surface area contributed by atoms with Crippen molar-refractivity contribution in [1.82, 2.24) is 0 Å². The van der Waals surface area contributed by atoms with Crippen LogP contribution in [0.5, 0.6) is 11.5 Å². The van der Waals surface area contributed by atoms with Crippen LogP contribution in [0.15, 0.2) is 133 Å². The Morgan fingerprint density at radius 3 is 1.90 bits per heavy atom. The molecule has 5 fully saturated rings. The number of carbonyl (C=O) groups is 1. The van der Waals surface area contributed by atoms with Crippen molar-refractivity contribution in [3.05, 3.63) is 167 Å². The zero-order valence-electron chi connectivity index (χ0n) is 40.3. The maximum absolute atomic E-state index is 14.4. The Balaban J connectivity index is 0.862. The van der Waals surface area contributed by atoms with Gasteiger partial charge in [0.25, 0.3) is 0 Å². The van der Waals surface area contributed by atoms with Gasteiger partial charge in [-0.3, -0.25) is 0 Å². The van der Waals surface area contributed by atoms with Crippen LogP contribution in [0.4, 0.5) is 0 Å². The minimum Gasteiger partial charge on any atom is -0.489 e. The van der Waals surface area contributed by atoms with Crippen LogP contribution in [0.25, 0.3) is 0 Å². The van der Waals surface area contributed by atoms with E-state index in [4.69, 9.17) is 71.1 Å². The van der Waals surface area contributed by atoms with Gasteiger partial charge in [-0.2, -0.15) is 0 Å². The summed E-state index contributed by atoms with van der Waals surface area (Å²) in [6.07, 6.45) is -11.3. The molecule has 5 saturated heterocycles. The number of fused-ring (bicyclic) bond motifs is 3. The van der Waals surface area contributed by atoms with Gasteiger partial charge in [0, 0.05) is 20.3 Å². The van der Waals surface area contributed by atoms with Crippen LogP contribution >= 0.6 is 0 Å². The molecule has 17 nitrogen and oxygen atoms in total. The van der Waals surface area contributed by atoms with Crippen LogP contribution in [0.3, 0.4) is 0 Å². The highest BCUT2D eigenvalue weighted by molar-refractivity contribution is 5.94. The number of aliphatic hydroxyl groups is 1. The van der Waals surface area contributed by atoms with E-state index in [-0.39, 0.29) is 52.0 Å². The van der Waals surface area contributed by atoms with Gasteiger partial charge in [0.1, 0.15) is 85.9 Å². The number of aliphatic hydroxyl groups excluding tert-OH is 1. The van der Waals surface area contributed by atoms with Crippen molar-refractivity contribution in [1.29, 1.82) is 0 Å². The molecular formula is C55H60O17. The number of methoxy groups -OCH3 is 2. The second-order valence-corrected chi connectivity index (χ2v) is 18.1. The number of aryl methyl sites for hydroxylation is 1. The number of ether oxygens (including phenoxy) is 15. The van der Waals surface area contributed by atoms with E-state index in [1.165, 1.54) is 14.2 Å². The topological polar surface area (TPSA) is 176 Å². The average Bonchev–Trinajstić information content (AvgIpc) is 4.07. The summed E-state index contributed by atoms with van der Waals surface area (Å²) < 4.78 is 94.7. The molecule has 0 radical (unpaired) electrons. The highest BCUT2D eigenvalue weighted by Crippen LogP contribution is 2.46. The van der Waals surface area contributed by atoms with Gasteiger partial charge in [0.2, 0.25) is 0 Å². The highest BCUT2D eigenvalue weighted by Gasteiger charge is 2.67. The van der Waals surface area contributed by atoms with Crippen molar-refractivity contribution in [2.24, 2.45) is 0 Å². The second-order valence-electron chi connectivity index (χ2n) is 18.1. The first kappa shape index (κ1) is 50.2. The Morgan fingerprint density at radius 1 is 0.667 bits per heavy atom. The molecule has 5 aliphatic heterocycles. The third-order valence-corrected chi connectivity index (χ3v) is 13.3. The molecule has 0 unspecified atom stereocenters. The fourth-order valence-corrected chi connectivity index (χ4v) is 9.63. The van der Waals surface area contributed by atoms with Crippen LogP contribution in [0, 0.1) is 6.92 Å². The summed E-state index contributed by atoms with van der Waals surface area (Å²) in [6.45, 7) is 2.39. The van der Waals surface area contributed by atoms with Crippen LogP contribution in [0.2, 0.25) is 0 Å². The summed E-state index contributed by atoms with van der Waals surface area (Å²) in [7, 11) is 3.01. The SMILES string of the molecule is COC[C@H]1O[C@@H](O[C@@H]2OC[C@@H]3O[C@@]4(OC[C@@H](OC(=O)c5c(C)cc(OCc6ccccc6)cc5OCc5ccccc5)[C@@H]5OCO[C@H]54)O[C@H]3[C@H]2OCc2ccccc2)[C@@H](OC)[C@@H](OCc2ccccc2)[C@@H]1O. The van der Waals surface area contributed by atoms with Crippen LogP contribution in [0.1, 0.15) is 38.2 Å². The van der Waals surface area contributed by atoms with E-state index in [0.29, 0.717) is 23.7 Å². The highest BCUT2D eigenvalue weighted by atomic mass is 16.9. The maximum Gasteiger partial charge on any atom is 0.342 e. The minimum atomic E-state index is -1.82. The van der Waals surface area contributed by atoms with E-state index in [1.54, 1.807) is 19.1 Å². The first-order chi connectivity index (χ1) is 35.3. The molecule has 13 atom stereocenters. The molecule has 5 aliphatic rings. The first-order valence-corrected chi connectivity index (χ1v) is 24.1. The van der Waals surface area contributed by atoms with Gasteiger partial charge < -0.3 is 76.2 Å². The molecular weight excluding hydrogens is 933 g/mol. The number of rotatable bonds is 19. The van der Waals surface area contributed by atoms with Gasteiger partial charge in [0.05, 0.1) is 33.0 Å². The summed E-state index contributed by atoms with van der Waals surface area (Å²) in [5.74, 6) is -1.64. The average molecular weight is 993 g/mol. The smallest absolute Gasteiger partial charge is 0.342 e. The van der Waals surface area contributed by atoms with Gasteiger partial charge >= 0.3 is 11.9 Å². The van der Waals surface area contributed by atoms with Crippen molar-refractivity contribution in [2.75, 3.05) is 40.8 Å². The van der Waals surface area contributed by atoms with E-state index < -0.39 is 85.6 Å². The number of hydrogen-bond donors (Lipinski definition) is 1. The third-order valence-electron chi connectivity index (χ3n) is 13.3. The lowest BCUT2D eigenvalue weighted by atomic mass is 9.98. The van der Waals surface area contributed by atoms with Gasteiger partial charge in [0.15, 0.2) is 24.8 Å². The zero-order valence-corrected chi connectivity index (χ0v) is 40.3. The Morgan fingerprint density at radius 2 is 1.28 bits per heavy atom. The van der Waals surface area contributed by atoms with Gasteiger partial charge in [-0.25, -0.2) is 4.79 Å². The minimum absolute atomic E-state index is 0.0131. The molecule has 5 aromatic carbocycles. The molecule has 72 heavy (non-hydrogen) atoms. The van der Waals surface area contributed by atoms with Crippen LogP contribution < -0.4 is 9.47 Å². The van der Waals surface area contributed by atoms with Crippen molar-refractivity contribution < 1.29 is 81.0 Å². The van der Waals surface area contributed by atoms with E-state index in [9.17, 15) is 9.90 Å². The fraction of sp³-hybridized carbons (Fsp3) is 0.436. The molecule has 10 rings (SSSR count). The Kier molecular flexibility index (Phi) is 16.2. The number of benzene rings is 5. The molecule has 0 aliphatic carbocycles. The zero-order chi connectivity index (χ0) is 49.4. The van der Waals surface area contributed by atoms with Crippen molar-refractivity contribution in [3.8, 4) is 11.5 Å². The standard InChI is InChI=1S/C55H60O17/c1-34-24-39(60-26-35-16-8-4-9-17-35)25-40(61-27-36-18-10-5-11-19-36)44(34)52(57)68-42-32-67-55(51-47(42)65-33-66-51)71-43-31-64-53(50(46(43)72-55)63-29-38-22-14-7-15-23-38)70-54-49(59-3)48(45(56)41(69-54)30-58-2)62-28-37-20-12-6-13-21-37/h4-25,41-43,45-51,53-54,56H,26-33H2,1-3H3/t41-,42-,43+,45-,46-,47+,48+,49+,50-,51-,53+,54+,55-/m1/s1. The molecule has 0 amide bonds. The van der Waals surface area contributed by atoms with Crippen molar-refractivity contribution in [3.63, 3.8) is 0 Å². The first-order valence-electron chi connectivity index (χ1n) is 24.1. The summed E-state index contributed by atoms with van der Waals surface area (Å²) >= 11 is 0. The molecule has 1 spiro atoms. The molecule has 1 N–H and O–H groups in total. The lowest BCUT2D eigenvalue weighted by Crippen LogP contribution is -2.63. The molecule has 5 aromatic rings. The number of hydrogen-bond acceptors (Lipinski definition) is 17. The van der Waals surface area contributed by atoms with Crippen LogP contribution in [-0.4, -0.2) is 132 Å². The monoisotopic (exact) mass is 992 g/mol. The van der Waals surface area contributed by atoms with Gasteiger partial charge in [-0.15, -0.1) is 0 Å². The molecule has 0 bridgehead atoms. The van der Waals surface area contributed by atoms with E-state index in [0.717, 1.165) is 22.3 Å². The number of carbonyl (C=O) groups excluding carboxylic acids is 1. The number of esters is 1. The summed E-state index contributed by atoms with van der Waals surface area (Å²) in [5.41, 5.74) is 4.51. The lowest BCUT2D eigenvalue weighted by Gasteiger charge is -2.46. The molecule has 5 heterocycles. The largest absolute Gasteiger partial charge is 0.489 e. The summed E-state index contributed by atoms with van der Waals surface area (Å²) in [5, 5.41) is 11.5. The van der Waals surface area contributed by atoms with E-state index in [1.807, 2.05) is 121 Å². The van der Waals surface area contributed by atoms with Crippen molar-refractivity contribution >= 4 is 5.97 Å². The fourth-order valence-electron chi connectivity index (χ4n) is 9.63. The molecule has 0 aromatic heterocycles. The third kappa shape index (κ3) is 11.2. The Bertz CT molecular complexity index is 2500. The summed E-state index contributed by atoms with van der Waals surface area (Å²) in [4.78, 5) is 14.4. The van der Waals surface area contributed by atoms with E-state index in [2.05, 4.69) is 0 Å². The van der Waals surface area contributed by atoms with Gasteiger partial charge in [-0.05, 0) is 40.8 Å².